The Labute approximate surface area is 121 Å². The molecule has 1 aliphatic rings. The minimum Gasteiger partial charge on any atom is -0.348 e. The van der Waals surface area contributed by atoms with Crippen LogP contribution in [0.3, 0.4) is 0 Å². The molecule has 3 aromatic rings. The van der Waals surface area contributed by atoms with E-state index in [0.717, 1.165) is 35.0 Å². The van der Waals surface area contributed by atoms with Crippen LogP contribution in [0.1, 0.15) is 23.3 Å². The molecule has 3 heterocycles. The molecule has 1 saturated carbocycles. The van der Waals surface area contributed by atoms with Crippen molar-refractivity contribution < 1.29 is 4.79 Å². The predicted octanol–water partition coefficient (Wildman–Crippen LogP) is 2.52. The minimum absolute atomic E-state index is 0.0942. The summed E-state index contributed by atoms with van der Waals surface area (Å²) in [6, 6.07) is 8.05. The van der Waals surface area contributed by atoms with Crippen LogP contribution in [0.15, 0.2) is 42.9 Å². The number of pyridine rings is 2. The van der Waals surface area contributed by atoms with E-state index in [1.807, 2.05) is 18.3 Å². The lowest BCUT2D eigenvalue weighted by Crippen LogP contribution is -2.26. The quantitative estimate of drug-likeness (QED) is 0.773. The lowest BCUT2D eigenvalue weighted by atomic mass is 10.1. The molecule has 0 radical (unpaired) electrons. The molecular weight excluding hydrogens is 264 g/mol. The first-order valence-corrected chi connectivity index (χ1v) is 7.00. The van der Waals surface area contributed by atoms with Gasteiger partial charge in [-0.3, -0.25) is 9.78 Å². The van der Waals surface area contributed by atoms with Crippen molar-refractivity contribution in [3.05, 3.63) is 48.5 Å². The molecule has 0 bridgehead atoms. The first kappa shape index (κ1) is 12.1. The van der Waals surface area contributed by atoms with Crippen molar-refractivity contribution in [2.75, 3.05) is 0 Å². The number of rotatable bonds is 3. The average molecular weight is 278 g/mol. The van der Waals surface area contributed by atoms with E-state index in [2.05, 4.69) is 26.3 Å². The summed E-state index contributed by atoms with van der Waals surface area (Å²) < 4.78 is 0. The summed E-state index contributed by atoms with van der Waals surface area (Å²) in [5, 5.41) is 3.99. The maximum Gasteiger partial charge on any atom is 0.270 e. The minimum atomic E-state index is -0.0942. The van der Waals surface area contributed by atoms with Gasteiger partial charge in [0.1, 0.15) is 11.3 Å². The highest BCUT2D eigenvalue weighted by molar-refractivity contribution is 5.93. The van der Waals surface area contributed by atoms with Crippen LogP contribution in [0.5, 0.6) is 0 Å². The van der Waals surface area contributed by atoms with E-state index < -0.39 is 0 Å². The fraction of sp³-hybridized carbons (Fsp3) is 0.188. The zero-order valence-corrected chi connectivity index (χ0v) is 11.3. The highest BCUT2D eigenvalue weighted by Crippen LogP contribution is 2.22. The second-order valence-corrected chi connectivity index (χ2v) is 5.32. The average Bonchev–Trinajstić information content (AvgIpc) is 3.21. The lowest BCUT2D eigenvalue weighted by molar-refractivity contribution is 0.0946. The molecule has 1 fully saturated rings. The molecule has 1 amide bonds. The smallest absolute Gasteiger partial charge is 0.270 e. The Morgan fingerprint density at radius 1 is 1.14 bits per heavy atom. The predicted molar refractivity (Wildman–Crippen MR) is 79.8 cm³/mol. The number of carbonyl (C=O) groups is 1. The Hall–Kier alpha value is -2.69. The molecule has 0 spiro atoms. The van der Waals surface area contributed by atoms with Gasteiger partial charge in [-0.2, -0.15) is 0 Å². The summed E-state index contributed by atoms with van der Waals surface area (Å²) in [7, 11) is 0. The van der Waals surface area contributed by atoms with Gasteiger partial charge in [-0.1, -0.05) is 6.07 Å². The van der Waals surface area contributed by atoms with Crippen LogP contribution in [0.4, 0.5) is 0 Å². The highest BCUT2D eigenvalue weighted by Gasteiger charge is 2.24. The number of hydrogen-bond donors (Lipinski definition) is 2. The Balaban J connectivity index is 1.61. The van der Waals surface area contributed by atoms with Crippen LogP contribution >= 0.6 is 0 Å². The third-order valence-electron chi connectivity index (χ3n) is 3.64. The van der Waals surface area contributed by atoms with Gasteiger partial charge in [-0.25, -0.2) is 4.98 Å². The molecule has 0 aliphatic heterocycles. The number of aromatic amines is 1. The second kappa shape index (κ2) is 4.70. The molecule has 5 nitrogen and oxygen atoms in total. The Kier molecular flexibility index (Phi) is 2.70. The molecule has 0 aromatic carbocycles. The van der Waals surface area contributed by atoms with Crippen LogP contribution in [-0.4, -0.2) is 26.9 Å². The maximum absolute atomic E-state index is 11.9. The van der Waals surface area contributed by atoms with Gasteiger partial charge in [-0.05, 0) is 31.0 Å². The molecule has 0 saturated heterocycles. The van der Waals surface area contributed by atoms with E-state index in [9.17, 15) is 4.79 Å². The number of fused-ring (bicyclic) bond motifs is 1. The van der Waals surface area contributed by atoms with Crippen LogP contribution in [0.25, 0.3) is 22.2 Å². The summed E-state index contributed by atoms with van der Waals surface area (Å²) in [5.41, 5.74) is 3.27. The van der Waals surface area contributed by atoms with Gasteiger partial charge in [0.05, 0.1) is 0 Å². The molecule has 104 valence electrons. The third kappa shape index (κ3) is 2.38. The second-order valence-electron chi connectivity index (χ2n) is 5.32. The Morgan fingerprint density at radius 2 is 2.00 bits per heavy atom. The van der Waals surface area contributed by atoms with Crippen molar-refractivity contribution in [3.63, 3.8) is 0 Å². The molecule has 1 aliphatic carbocycles. The standard InChI is InChI=1S/C16H14N4O/c21-16(20-13-2-3-13)14-4-1-11(8-18-14)12-7-10-5-6-17-15(10)19-9-12/h1,4-9,13H,2-3H2,(H,17,19)(H,20,21). The monoisotopic (exact) mass is 278 g/mol. The van der Waals surface area contributed by atoms with Gasteiger partial charge in [0.25, 0.3) is 5.91 Å². The van der Waals surface area contributed by atoms with Crippen molar-refractivity contribution in [2.45, 2.75) is 18.9 Å². The van der Waals surface area contributed by atoms with E-state index in [-0.39, 0.29) is 5.91 Å². The van der Waals surface area contributed by atoms with Gasteiger partial charge in [0, 0.05) is 41.1 Å². The number of nitrogens with zero attached hydrogens (tertiary/aromatic N) is 2. The number of H-pyrrole nitrogens is 1. The summed E-state index contributed by atoms with van der Waals surface area (Å²) in [4.78, 5) is 23.6. The molecule has 2 N–H and O–H groups in total. The van der Waals surface area contributed by atoms with E-state index in [1.54, 1.807) is 18.5 Å². The topological polar surface area (TPSA) is 70.7 Å². The van der Waals surface area contributed by atoms with Crippen molar-refractivity contribution in [1.82, 2.24) is 20.3 Å². The number of aromatic nitrogens is 3. The first-order chi connectivity index (χ1) is 10.3. The molecule has 5 heteroatoms. The first-order valence-electron chi connectivity index (χ1n) is 7.00. The van der Waals surface area contributed by atoms with Crippen LogP contribution in [-0.2, 0) is 0 Å². The number of amides is 1. The number of hydrogen-bond acceptors (Lipinski definition) is 3. The maximum atomic E-state index is 11.9. The van der Waals surface area contributed by atoms with Crippen LogP contribution in [0, 0.1) is 0 Å². The van der Waals surface area contributed by atoms with E-state index >= 15 is 0 Å². The van der Waals surface area contributed by atoms with Gasteiger partial charge in [0.15, 0.2) is 0 Å². The lowest BCUT2D eigenvalue weighted by Gasteiger charge is -2.04. The number of carbonyl (C=O) groups excluding carboxylic acids is 1. The molecular formula is C16H14N4O. The van der Waals surface area contributed by atoms with Crippen LogP contribution in [0.2, 0.25) is 0 Å². The van der Waals surface area contributed by atoms with Gasteiger partial charge >= 0.3 is 0 Å². The van der Waals surface area contributed by atoms with Crippen LogP contribution < -0.4 is 5.32 Å². The van der Waals surface area contributed by atoms with Crippen molar-refractivity contribution >= 4 is 16.9 Å². The summed E-state index contributed by atoms with van der Waals surface area (Å²) in [6.45, 7) is 0. The Morgan fingerprint density at radius 3 is 2.76 bits per heavy atom. The van der Waals surface area contributed by atoms with Crippen molar-refractivity contribution in [3.8, 4) is 11.1 Å². The zero-order valence-electron chi connectivity index (χ0n) is 11.3. The summed E-state index contributed by atoms with van der Waals surface area (Å²) >= 11 is 0. The van der Waals surface area contributed by atoms with E-state index in [4.69, 9.17) is 0 Å². The Bertz CT molecular complexity index is 803. The molecule has 4 rings (SSSR count). The van der Waals surface area contributed by atoms with Gasteiger partial charge in [-0.15, -0.1) is 0 Å². The SMILES string of the molecule is O=C(NC1CC1)c1ccc(-c2cnc3[nH]ccc3c2)cn1. The fourth-order valence-corrected chi connectivity index (χ4v) is 2.28. The fourth-order valence-electron chi connectivity index (χ4n) is 2.28. The zero-order chi connectivity index (χ0) is 14.2. The summed E-state index contributed by atoms with van der Waals surface area (Å²) in [5.74, 6) is -0.0942. The van der Waals surface area contributed by atoms with E-state index in [1.165, 1.54) is 0 Å². The van der Waals surface area contributed by atoms with E-state index in [0.29, 0.717) is 11.7 Å². The summed E-state index contributed by atoms with van der Waals surface area (Å²) in [6.07, 6.45) is 7.54. The molecule has 0 atom stereocenters. The number of nitrogens with one attached hydrogen (secondary N) is 2. The van der Waals surface area contributed by atoms with Crippen molar-refractivity contribution in [2.24, 2.45) is 0 Å². The molecule has 0 unspecified atom stereocenters. The van der Waals surface area contributed by atoms with Crippen molar-refractivity contribution in [1.29, 1.82) is 0 Å². The largest absolute Gasteiger partial charge is 0.348 e. The third-order valence-corrected chi connectivity index (χ3v) is 3.64. The van der Waals surface area contributed by atoms with Gasteiger partial charge < -0.3 is 10.3 Å². The molecule has 21 heavy (non-hydrogen) atoms. The highest BCUT2D eigenvalue weighted by atomic mass is 16.2. The van der Waals surface area contributed by atoms with Gasteiger partial charge in [0.2, 0.25) is 0 Å². The normalized spacial score (nSPS) is 14.3. The molecule has 3 aromatic heterocycles.